The maximum atomic E-state index is 10.3. The zero-order valence-corrected chi connectivity index (χ0v) is 16.8. The fourth-order valence-corrected chi connectivity index (χ4v) is 3.65. The lowest BCUT2D eigenvalue weighted by atomic mass is 9.98. The molecule has 0 aliphatic carbocycles. The van der Waals surface area contributed by atoms with Crippen LogP contribution in [0.15, 0.2) is 30.0 Å². The van der Waals surface area contributed by atoms with Crippen LogP contribution in [-0.4, -0.2) is 83.3 Å². The summed E-state index contributed by atoms with van der Waals surface area (Å²) in [5, 5.41) is 89.2. The molecule has 0 aromatic heterocycles. The molecular weight excluding hydrogens is 444 g/mol. The monoisotopic (exact) mass is 466 g/mol. The topological polar surface area (TPSA) is 210 Å². The summed E-state index contributed by atoms with van der Waals surface area (Å²) in [4.78, 5) is 0. The second-order valence-corrected chi connectivity index (χ2v) is 7.64. The van der Waals surface area contributed by atoms with Crippen LogP contribution in [0.3, 0.4) is 0 Å². The van der Waals surface area contributed by atoms with Gasteiger partial charge in [-0.15, -0.1) is 0 Å². The smallest absolute Gasteiger partial charge is 0.228 e. The summed E-state index contributed by atoms with van der Waals surface area (Å²) >= 11 is 0. The van der Waals surface area contributed by atoms with Crippen molar-refractivity contribution in [2.75, 3.05) is 6.61 Å². The lowest BCUT2D eigenvalue weighted by Crippen LogP contribution is -2.59. The molecule has 0 saturated carbocycles. The Hall–Kier alpha value is -3.42. The number of phenols is 5. The molecule has 0 spiro atoms. The van der Waals surface area contributed by atoms with Crippen molar-refractivity contribution in [3.8, 4) is 34.5 Å². The Labute approximate surface area is 186 Å². The van der Waals surface area contributed by atoms with Crippen LogP contribution < -0.4 is 4.74 Å². The highest BCUT2D eigenvalue weighted by atomic mass is 16.7. The fourth-order valence-electron chi connectivity index (χ4n) is 3.65. The Morgan fingerprint density at radius 1 is 0.818 bits per heavy atom. The fraction of sp³-hybridized carbons (Fsp3) is 0.333. The molecule has 178 valence electrons. The van der Waals surface area contributed by atoms with E-state index in [1.54, 1.807) is 0 Å². The number of aliphatic hydroxyl groups is 4. The Morgan fingerprint density at radius 2 is 1.48 bits per heavy atom. The minimum absolute atomic E-state index is 0.00528. The Kier molecular flexibility index (Phi) is 5.86. The van der Waals surface area contributed by atoms with Gasteiger partial charge in [0.2, 0.25) is 6.29 Å². The van der Waals surface area contributed by atoms with Gasteiger partial charge in [-0.3, -0.25) is 0 Å². The average Bonchev–Trinajstić information content (AvgIpc) is 2.77. The molecular formula is C21H22O12. The summed E-state index contributed by atoms with van der Waals surface area (Å²) in [7, 11) is 0. The van der Waals surface area contributed by atoms with Crippen LogP contribution in [0.25, 0.3) is 6.08 Å². The molecule has 2 aliphatic heterocycles. The van der Waals surface area contributed by atoms with Gasteiger partial charge in [-0.25, -0.2) is 0 Å². The van der Waals surface area contributed by atoms with Crippen LogP contribution in [-0.2, 0) is 9.47 Å². The molecule has 1 saturated heterocycles. The number of hydrogen-bond donors (Lipinski definition) is 9. The van der Waals surface area contributed by atoms with Crippen molar-refractivity contribution in [2.45, 2.75) is 36.8 Å². The Balaban J connectivity index is 1.76. The first-order chi connectivity index (χ1) is 15.6. The second-order valence-electron chi connectivity index (χ2n) is 7.64. The number of phenolic OH excluding ortho intramolecular Hbond substituents is 5. The minimum atomic E-state index is -1.75. The van der Waals surface area contributed by atoms with E-state index < -0.39 is 60.7 Å². The first kappa shape index (κ1) is 22.8. The van der Waals surface area contributed by atoms with Crippen molar-refractivity contribution >= 4 is 6.08 Å². The van der Waals surface area contributed by atoms with Crippen LogP contribution in [0.5, 0.6) is 34.5 Å². The molecule has 12 nitrogen and oxygen atoms in total. The number of aliphatic hydroxyl groups excluding tert-OH is 4. The average molecular weight is 466 g/mol. The number of hydrogen-bond acceptors (Lipinski definition) is 12. The highest BCUT2D eigenvalue weighted by Gasteiger charge is 2.46. The SMILES string of the molecule is OC[C@@H]1O[C@@H](OC2=Cc3c(O)cc(O)cc3OC2c2cc(O)c(O)c(O)c2)[C@H](O)[C@@H](O)[C@H]1O. The molecule has 2 aromatic rings. The third-order valence-corrected chi connectivity index (χ3v) is 5.39. The van der Waals surface area contributed by atoms with Gasteiger partial charge in [0.15, 0.2) is 23.4 Å². The Bertz CT molecular complexity index is 1060. The van der Waals surface area contributed by atoms with Gasteiger partial charge in [-0.05, 0) is 18.2 Å². The molecule has 4 rings (SSSR count). The van der Waals surface area contributed by atoms with Gasteiger partial charge in [-0.2, -0.15) is 0 Å². The van der Waals surface area contributed by atoms with E-state index in [0.29, 0.717) is 0 Å². The molecule has 0 bridgehead atoms. The lowest BCUT2D eigenvalue weighted by molar-refractivity contribution is -0.293. The van der Waals surface area contributed by atoms with Crippen molar-refractivity contribution in [3.05, 3.63) is 41.2 Å². The van der Waals surface area contributed by atoms with Gasteiger partial charge in [0.1, 0.15) is 47.4 Å². The maximum Gasteiger partial charge on any atom is 0.228 e. The predicted octanol–water partition coefficient (Wildman–Crippen LogP) is -0.494. The van der Waals surface area contributed by atoms with Gasteiger partial charge in [0, 0.05) is 17.7 Å². The summed E-state index contributed by atoms with van der Waals surface area (Å²) in [5.41, 5.74) is 0.142. The van der Waals surface area contributed by atoms with E-state index in [2.05, 4.69) is 0 Å². The van der Waals surface area contributed by atoms with Crippen LogP contribution in [0.1, 0.15) is 17.2 Å². The summed E-state index contributed by atoms with van der Waals surface area (Å²) in [6, 6.07) is 4.38. The second kappa shape index (κ2) is 8.50. The standard InChI is InChI=1S/C21H22O12/c22-6-15-17(28)18(29)19(30)21(33-15)32-14-5-9-10(24)3-8(23)4-13(9)31-20(14)7-1-11(25)16(27)12(26)2-7/h1-5,15,17-30H,6H2/t15-,17-,18-,19+,20?,21+/m0/s1. The molecule has 6 atom stereocenters. The van der Waals surface area contributed by atoms with E-state index >= 15 is 0 Å². The number of rotatable bonds is 4. The number of fused-ring (bicyclic) bond motifs is 1. The highest BCUT2D eigenvalue weighted by Crippen LogP contribution is 2.46. The van der Waals surface area contributed by atoms with Crippen LogP contribution in [0.2, 0.25) is 0 Å². The number of aromatic hydroxyl groups is 5. The molecule has 12 heteroatoms. The van der Waals surface area contributed by atoms with E-state index in [1.165, 1.54) is 12.1 Å². The van der Waals surface area contributed by atoms with Gasteiger partial charge in [-0.1, -0.05) is 0 Å². The molecule has 1 fully saturated rings. The highest BCUT2D eigenvalue weighted by molar-refractivity contribution is 5.70. The van der Waals surface area contributed by atoms with Crippen molar-refractivity contribution in [3.63, 3.8) is 0 Å². The summed E-state index contributed by atoms with van der Waals surface area (Å²) in [6.07, 6.45) is -7.92. The first-order valence-electron chi connectivity index (χ1n) is 9.77. The van der Waals surface area contributed by atoms with Gasteiger partial charge >= 0.3 is 0 Å². The zero-order chi connectivity index (χ0) is 24.0. The third-order valence-electron chi connectivity index (χ3n) is 5.39. The molecule has 1 unspecified atom stereocenters. The number of ether oxygens (including phenoxy) is 3. The van der Waals surface area contributed by atoms with E-state index in [4.69, 9.17) is 14.2 Å². The van der Waals surface area contributed by atoms with E-state index in [-0.39, 0.29) is 34.1 Å². The molecule has 2 heterocycles. The van der Waals surface area contributed by atoms with Crippen LogP contribution >= 0.6 is 0 Å². The van der Waals surface area contributed by atoms with Crippen molar-refractivity contribution in [1.29, 1.82) is 0 Å². The molecule has 0 amide bonds. The van der Waals surface area contributed by atoms with Crippen molar-refractivity contribution in [1.82, 2.24) is 0 Å². The van der Waals surface area contributed by atoms with Gasteiger partial charge in [0.05, 0.1) is 12.2 Å². The largest absolute Gasteiger partial charge is 0.508 e. The maximum absolute atomic E-state index is 10.3. The number of benzene rings is 2. The van der Waals surface area contributed by atoms with Crippen LogP contribution in [0, 0.1) is 0 Å². The first-order valence-corrected chi connectivity index (χ1v) is 9.77. The quantitative estimate of drug-likeness (QED) is 0.261. The van der Waals surface area contributed by atoms with E-state index in [0.717, 1.165) is 18.2 Å². The van der Waals surface area contributed by atoms with Gasteiger partial charge < -0.3 is 60.2 Å². The van der Waals surface area contributed by atoms with Gasteiger partial charge in [0.25, 0.3) is 0 Å². The summed E-state index contributed by atoms with van der Waals surface area (Å²) in [6.45, 7) is -0.688. The molecule has 9 N–H and O–H groups in total. The van der Waals surface area contributed by atoms with Crippen molar-refractivity contribution in [2.24, 2.45) is 0 Å². The van der Waals surface area contributed by atoms with E-state index in [1.807, 2.05) is 0 Å². The normalized spacial score (nSPS) is 29.0. The Morgan fingerprint density at radius 3 is 2.12 bits per heavy atom. The lowest BCUT2D eigenvalue weighted by Gasteiger charge is -2.41. The third kappa shape index (κ3) is 4.05. The summed E-state index contributed by atoms with van der Waals surface area (Å²) in [5.74, 6) is -2.95. The zero-order valence-electron chi connectivity index (χ0n) is 16.8. The minimum Gasteiger partial charge on any atom is -0.508 e. The molecule has 33 heavy (non-hydrogen) atoms. The summed E-state index contributed by atoms with van der Waals surface area (Å²) < 4.78 is 16.9. The molecule has 2 aromatic carbocycles. The van der Waals surface area contributed by atoms with Crippen molar-refractivity contribution < 1.29 is 60.2 Å². The molecule has 0 radical (unpaired) electrons. The predicted molar refractivity (Wildman–Crippen MR) is 107 cm³/mol. The molecule has 2 aliphatic rings. The van der Waals surface area contributed by atoms with E-state index in [9.17, 15) is 46.0 Å². The van der Waals surface area contributed by atoms with Crippen LogP contribution in [0.4, 0.5) is 0 Å².